The van der Waals surface area contributed by atoms with Crippen LogP contribution < -0.4 is 4.90 Å². The molecule has 2 aromatic rings. The van der Waals surface area contributed by atoms with E-state index in [1.165, 1.54) is 0 Å². The van der Waals surface area contributed by atoms with Gasteiger partial charge in [0, 0.05) is 31.4 Å². The Labute approximate surface area is 109 Å². The molecule has 1 aliphatic heterocycles. The third-order valence-corrected chi connectivity index (χ3v) is 3.78. The lowest BCUT2D eigenvalue weighted by Crippen LogP contribution is -2.51. The molecule has 0 radical (unpaired) electrons. The largest absolute Gasteiger partial charge is 0.481 e. The first kappa shape index (κ1) is 11.9. The van der Waals surface area contributed by atoms with Crippen molar-refractivity contribution in [3.8, 4) is 0 Å². The number of carboxylic acid groups (broad SMARTS) is 1. The minimum atomic E-state index is -0.742. The molecule has 19 heavy (non-hydrogen) atoms. The smallest absolute Gasteiger partial charge is 0.306 e. The second kappa shape index (κ2) is 4.18. The maximum absolute atomic E-state index is 10.9. The van der Waals surface area contributed by atoms with E-state index in [9.17, 15) is 4.79 Å². The predicted octanol–water partition coefficient (Wildman–Crippen LogP) is 0.590. The summed E-state index contributed by atoms with van der Waals surface area (Å²) in [5.74, 6) is 0.694. The Kier molecular flexibility index (Phi) is 2.62. The Bertz CT molecular complexity index is 632. The molecule has 3 rings (SSSR count). The van der Waals surface area contributed by atoms with Gasteiger partial charge in [-0.05, 0) is 6.92 Å². The Balaban J connectivity index is 1.82. The molecule has 7 heteroatoms. The van der Waals surface area contributed by atoms with Crippen molar-refractivity contribution in [3.05, 3.63) is 18.2 Å². The number of fused-ring (bicyclic) bond motifs is 1. The van der Waals surface area contributed by atoms with E-state index in [2.05, 4.69) is 15.2 Å². The Morgan fingerprint density at radius 2 is 2.21 bits per heavy atom. The van der Waals surface area contributed by atoms with Crippen LogP contribution in [0.3, 0.4) is 0 Å². The fraction of sp³-hybridized carbons (Fsp3) is 0.500. The van der Waals surface area contributed by atoms with Crippen LogP contribution in [0.1, 0.15) is 12.7 Å². The number of anilines is 1. The van der Waals surface area contributed by atoms with Gasteiger partial charge in [-0.1, -0.05) is 6.92 Å². The van der Waals surface area contributed by atoms with E-state index in [4.69, 9.17) is 5.11 Å². The molecule has 1 unspecified atom stereocenters. The molecule has 7 nitrogen and oxygen atoms in total. The van der Waals surface area contributed by atoms with Crippen LogP contribution >= 0.6 is 0 Å². The van der Waals surface area contributed by atoms with Gasteiger partial charge in [0.2, 0.25) is 5.65 Å². The van der Waals surface area contributed by atoms with Crippen molar-refractivity contribution in [2.75, 3.05) is 18.0 Å². The fourth-order valence-electron chi connectivity index (χ4n) is 2.36. The number of aliphatic carboxylic acids is 1. The van der Waals surface area contributed by atoms with Crippen LogP contribution in [-0.4, -0.2) is 43.7 Å². The van der Waals surface area contributed by atoms with E-state index in [0.29, 0.717) is 13.1 Å². The van der Waals surface area contributed by atoms with E-state index in [1.54, 1.807) is 13.1 Å². The van der Waals surface area contributed by atoms with Gasteiger partial charge in [-0.15, -0.1) is 10.2 Å². The van der Waals surface area contributed by atoms with Gasteiger partial charge in [0.25, 0.3) is 0 Å². The lowest BCUT2D eigenvalue weighted by Gasteiger charge is -2.41. The maximum atomic E-state index is 10.9. The van der Waals surface area contributed by atoms with Crippen LogP contribution in [0.5, 0.6) is 0 Å². The molecule has 3 heterocycles. The fourth-order valence-corrected chi connectivity index (χ4v) is 2.36. The summed E-state index contributed by atoms with van der Waals surface area (Å²) in [5.41, 5.74) is 0.724. The van der Waals surface area contributed by atoms with Crippen molar-refractivity contribution in [1.82, 2.24) is 19.6 Å². The van der Waals surface area contributed by atoms with Crippen LogP contribution in [-0.2, 0) is 4.79 Å². The standard InChI is InChI=1S/C12H15N5O2/c1-7(12(18)19)9-5-16(6-9)10-11-15-14-8(2)17(11)4-3-13-10/h3-4,7,9H,5-6H2,1-2H3,(H,18,19). The summed E-state index contributed by atoms with van der Waals surface area (Å²) in [6.45, 7) is 5.03. The van der Waals surface area contributed by atoms with Crippen molar-refractivity contribution in [2.24, 2.45) is 11.8 Å². The van der Waals surface area contributed by atoms with Gasteiger partial charge in [-0.2, -0.15) is 0 Å². The third kappa shape index (κ3) is 1.81. The summed E-state index contributed by atoms with van der Waals surface area (Å²) >= 11 is 0. The molecule has 0 aromatic carbocycles. The van der Waals surface area contributed by atoms with Crippen molar-refractivity contribution >= 4 is 17.4 Å². The topological polar surface area (TPSA) is 83.6 Å². The van der Waals surface area contributed by atoms with Gasteiger partial charge >= 0.3 is 5.97 Å². The summed E-state index contributed by atoms with van der Waals surface area (Å²) in [6, 6.07) is 0. The second-order valence-corrected chi connectivity index (χ2v) is 4.98. The number of hydrogen-bond acceptors (Lipinski definition) is 5. The molecular formula is C12H15N5O2. The van der Waals surface area contributed by atoms with Gasteiger partial charge in [-0.3, -0.25) is 9.20 Å². The average Bonchev–Trinajstić information content (AvgIpc) is 2.70. The molecule has 1 N–H and O–H groups in total. The number of nitrogens with zero attached hydrogens (tertiary/aromatic N) is 5. The van der Waals surface area contributed by atoms with Crippen molar-refractivity contribution in [2.45, 2.75) is 13.8 Å². The predicted molar refractivity (Wildman–Crippen MR) is 68.0 cm³/mol. The Morgan fingerprint density at radius 1 is 1.47 bits per heavy atom. The Morgan fingerprint density at radius 3 is 2.89 bits per heavy atom. The molecule has 100 valence electrons. The highest BCUT2D eigenvalue weighted by Gasteiger charge is 2.36. The summed E-state index contributed by atoms with van der Waals surface area (Å²) in [5, 5.41) is 17.1. The molecular weight excluding hydrogens is 246 g/mol. The quantitative estimate of drug-likeness (QED) is 0.870. The summed E-state index contributed by atoms with van der Waals surface area (Å²) < 4.78 is 1.89. The maximum Gasteiger partial charge on any atom is 0.306 e. The first-order valence-corrected chi connectivity index (χ1v) is 6.22. The minimum Gasteiger partial charge on any atom is -0.481 e. The molecule has 1 fully saturated rings. The first-order chi connectivity index (χ1) is 9.08. The lowest BCUT2D eigenvalue weighted by molar-refractivity contribution is -0.143. The normalized spacial score (nSPS) is 17.5. The molecule has 1 saturated heterocycles. The summed E-state index contributed by atoms with van der Waals surface area (Å²) in [7, 11) is 0. The zero-order valence-corrected chi connectivity index (χ0v) is 10.8. The van der Waals surface area contributed by atoms with E-state index >= 15 is 0 Å². The summed E-state index contributed by atoms with van der Waals surface area (Å²) in [6.07, 6.45) is 3.54. The monoisotopic (exact) mass is 261 g/mol. The zero-order chi connectivity index (χ0) is 13.6. The van der Waals surface area contributed by atoms with Gasteiger partial charge in [0.15, 0.2) is 5.82 Å². The number of aromatic nitrogens is 4. The van der Waals surface area contributed by atoms with Crippen LogP contribution in [0.2, 0.25) is 0 Å². The molecule has 0 aliphatic carbocycles. The van der Waals surface area contributed by atoms with Crippen molar-refractivity contribution < 1.29 is 9.90 Å². The molecule has 1 atom stereocenters. The third-order valence-electron chi connectivity index (χ3n) is 3.78. The van der Waals surface area contributed by atoms with Crippen LogP contribution in [0, 0.1) is 18.8 Å². The minimum absolute atomic E-state index is 0.170. The van der Waals surface area contributed by atoms with Gasteiger partial charge in [0.05, 0.1) is 5.92 Å². The van der Waals surface area contributed by atoms with Crippen molar-refractivity contribution in [3.63, 3.8) is 0 Å². The average molecular weight is 261 g/mol. The molecule has 1 aliphatic rings. The Hall–Kier alpha value is -2.18. The van der Waals surface area contributed by atoms with Gasteiger partial charge in [-0.25, -0.2) is 4.98 Å². The van der Waals surface area contributed by atoms with E-state index < -0.39 is 5.97 Å². The molecule has 0 amide bonds. The molecule has 0 spiro atoms. The molecule has 0 bridgehead atoms. The van der Waals surface area contributed by atoms with Crippen molar-refractivity contribution in [1.29, 1.82) is 0 Å². The highest BCUT2D eigenvalue weighted by Crippen LogP contribution is 2.30. The molecule has 2 aromatic heterocycles. The van der Waals surface area contributed by atoms with E-state index in [-0.39, 0.29) is 11.8 Å². The highest BCUT2D eigenvalue weighted by atomic mass is 16.4. The number of aryl methyl sites for hydroxylation is 1. The first-order valence-electron chi connectivity index (χ1n) is 6.22. The number of hydrogen-bond donors (Lipinski definition) is 1. The van der Waals surface area contributed by atoms with Crippen LogP contribution in [0.15, 0.2) is 12.4 Å². The lowest BCUT2D eigenvalue weighted by atomic mass is 9.87. The van der Waals surface area contributed by atoms with Gasteiger partial charge in [0.1, 0.15) is 5.82 Å². The molecule has 0 saturated carbocycles. The zero-order valence-electron chi connectivity index (χ0n) is 10.8. The highest BCUT2D eigenvalue weighted by molar-refractivity contribution is 5.71. The van der Waals surface area contributed by atoms with E-state index in [0.717, 1.165) is 17.3 Å². The van der Waals surface area contributed by atoms with Gasteiger partial charge < -0.3 is 10.0 Å². The van der Waals surface area contributed by atoms with E-state index in [1.807, 2.05) is 22.4 Å². The SMILES string of the molecule is Cc1nnc2c(N3CC(C(C)C(=O)O)C3)nccn12. The number of rotatable bonds is 3. The second-order valence-electron chi connectivity index (χ2n) is 4.98. The summed E-state index contributed by atoms with van der Waals surface area (Å²) in [4.78, 5) is 17.3. The number of carbonyl (C=O) groups is 1. The van der Waals surface area contributed by atoms with Crippen LogP contribution in [0.25, 0.3) is 5.65 Å². The van der Waals surface area contributed by atoms with Crippen LogP contribution in [0.4, 0.5) is 5.82 Å². The number of carboxylic acids is 1.